The van der Waals surface area contributed by atoms with Gasteiger partial charge in [0.05, 0.1) is 0 Å². The standard InChI is InChI=1S/C21H22FN5O2S/c1-12-24-19-17(20(29)27(12)15-7-8-15)25-21(30-19)26-9-3-6-16(26)18(28)23-11-13-4-2-5-14(22)10-13/h2,4-5,10,15-16H,3,6-9,11H2,1H3,(H,23,28). The van der Waals surface area contributed by atoms with Gasteiger partial charge in [-0.3, -0.25) is 14.2 Å². The van der Waals surface area contributed by atoms with Gasteiger partial charge in [0, 0.05) is 19.1 Å². The van der Waals surface area contributed by atoms with Gasteiger partial charge in [-0.25, -0.2) is 14.4 Å². The molecule has 5 rings (SSSR count). The van der Waals surface area contributed by atoms with E-state index in [1.807, 2.05) is 11.8 Å². The van der Waals surface area contributed by atoms with Crippen LogP contribution in [0.4, 0.5) is 9.52 Å². The third-order valence-corrected chi connectivity index (χ3v) is 6.69. The molecular weight excluding hydrogens is 405 g/mol. The highest BCUT2D eigenvalue weighted by molar-refractivity contribution is 7.21. The molecule has 0 bridgehead atoms. The quantitative estimate of drug-likeness (QED) is 0.677. The second-order valence-corrected chi connectivity index (χ2v) is 8.87. The lowest BCUT2D eigenvalue weighted by Crippen LogP contribution is -2.43. The molecule has 1 aliphatic heterocycles. The molecule has 2 fully saturated rings. The van der Waals surface area contributed by atoms with Gasteiger partial charge in [-0.15, -0.1) is 0 Å². The topological polar surface area (TPSA) is 80.1 Å². The van der Waals surface area contributed by atoms with Crippen molar-refractivity contribution in [3.63, 3.8) is 0 Å². The van der Waals surface area contributed by atoms with Crippen molar-refractivity contribution in [3.8, 4) is 0 Å². The van der Waals surface area contributed by atoms with E-state index in [4.69, 9.17) is 0 Å². The summed E-state index contributed by atoms with van der Waals surface area (Å²) in [6.45, 7) is 2.83. The molecule has 1 amide bonds. The maximum absolute atomic E-state index is 13.4. The molecular formula is C21H22FN5O2S. The molecule has 7 nitrogen and oxygen atoms in total. The summed E-state index contributed by atoms with van der Waals surface area (Å²) < 4.78 is 15.1. The van der Waals surface area contributed by atoms with E-state index in [1.54, 1.807) is 16.7 Å². The number of nitrogens with zero attached hydrogens (tertiary/aromatic N) is 4. The van der Waals surface area contributed by atoms with E-state index < -0.39 is 0 Å². The molecule has 30 heavy (non-hydrogen) atoms. The molecule has 1 saturated carbocycles. The van der Waals surface area contributed by atoms with E-state index >= 15 is 0 Å². The van der Waals surface area contributed by atoms with Crippen LogP contribution in [0.25, 0.3) is 10.3 Å². The Bertz CT molecular complexity index is 1190. The van der Waals surface area contributed by atoms with Crippen LogP contribution in [0.1, 0.15) is 43.1 Å². The van der Waals surface area contributed by atoms with Crippen molar-refractivity contribution in [1.29, 1.82) is 0 Å². The summed E-state index contributed by atoms with van der Waals surface area (Å²) in [4.78, 5) is 37.5. The lowest BCUT2D eigenvalue weighted by molar-refractivity contribution is -0.122. The highest BCUT2D eigenvalue weighted by atomic mass is 32.1. The van der Waals surface area contributed by atoms with Gasteiger partial charge in [0.1, 0.15) is 17.7 Å². The van der Waals surface area contributed by atoms with Gasteiger partial charge < -0.3 is 10.2 Å². The summed E-state index contributed by atoms with van der Waals surface area (Å²) in [6.07, 6.45) is 3.59. The largest absolute Gasteiger partial charge is 0.350 e. The first-order chi connectivity index (χ1) is 14.5. The molecule has 3 heterocycles. The fourth-order valence-electron chi connectivity index (χ4n) is 4.09. The zero-order valence-corrected chi connectivity index (χ0v) is 17.4. The van der Waals surface area contributed by atoms with E-state index in [0.717, 1.165) is 25.1 Å². The van der Waals surface area contributed by atoms with Crippen molar-refractivity contribution in [3.05, 3.63) is 51.8 Å². The van der Waals surface area contributed by atoms with Crippen molar-refractivity contribution >= 4 is 32.7 Å². The van der Waals surface area contributed by atoms with Crippen LogP contribution in [0, 0.1) is 12.7 Å². The molecule has 1 aliphatic carbocycles. The first-order valence-corrected chi connectivity index (χ1v) is 11.0. The third kappa shape index (κ3) is 3.47. The van der Waals surface area contributed by atoms with Crippen LogP contribution in [0.5, 0.6) is 0 Å². The number of anilines is 1. The number of carbonyl (C=O) groups excluding carboxylic acids is 1. The minimum absolute atomic E-state index is 0.0891. The number of fused-ring (bicyclic) bond motifs is 1. The SMILES string of the molecule is Cc1nc2sc(N3CCCC3C(=O)NCc3cccc(F)c3)nc2c(=O)n1C1CC1. The minimum Gasteiger partial charge on any atom is -0.350 e. The molecule has 3 aromatic rings. The van der Waals surface area contributed by atoms with Crippen molar-refractivity contribution in [2.45, 2.75) is 51.2 Å². The Morgan fingerprint density at radius 1 is 1.30 bits per heavy atom. The van der Waals surface area contributed by atoms with Crippen LogP contribution in [0.2, 0.25) is 0 Å². The fourth-order valence-corrected chi connectivity index (χ4v) is 5.14. The summed E-state index contributed by atoms with van der Waals surface area (Å²) in [7, 11) is 0. The van der Waals surface area contributed by atoms with Crippen LogP contribution < -0.4 is 15.8 Å². The Morgan fingerprint density at radius 3 is 2.90 bits per heavy atom. The van der Waals surface area contributed by atoms with Crippen LogP contribution in [-0.4, -0.2) is 33.0 Å². The van der Waals surface area contributed by atoms with Gasteiger partial charge in [0.2, 0.25) is 5.91 Å². The van der Waals surface area contributed by atoms with Crippen molar-refractivity contribution in [2.75, 3.05) is 11.4 Å². The summed E-state index contributed by atoms with van der Waals surface area (Å²) in [5.41, 5.74) is 1.01. The average Bonchev–Trinajstić information content (AvgIpc) is 3.25. The summed E-state index contributed by atoms with van der Waals surface area (Å²) in [5.74, 6) is 0.282. The maximum Gasteiger partial charge on any atom is 0.281 e. The van der Waals surface area contributed by atoms with E-state index in [1.165, 1.54) is 23.5 Å². The first kappa shape index (κ1) is 19.2. The lowest BCUT2D eigenvalue weighted by Gasteiger charge is -2.23. The maximum atomic E-state index is 13.4. The van der Waals surface area contributed by atoms with Gasteiger partial charge in [-0.2, -0.15) is 0 Å². The molecule has 0 spiro atoms. The van der Waals surface area contributed by atoms with Crippen molar-refractivity contribution < 1.29 is 9.18 Å². The number of aryl methyl sites for hydroxylation is 1. The molecule has 1 N–H and O–H groups in total. The van der Waals surface area contributed by atoms with E-state index in [2.05, 4.69) is 15.3 Å². The smallest absolute Gasteiger partial charge is 0.281 e. The van der Waals surface area contributed by atoms with Crippen molar-refractivity contribution in [1.82, 2.24) is 19.9 Å². The molecule has 156 valence electrons. The predicted molar refractivity (Wildman–Crippen MR) is 113 cm³/mol. The Kier molecular flexibility index (Phi) is 4.77. The number of benzene rings is 1. The second kappa shape index (κ2) is 7.46. The van der Waals surface area contributed by atoms with Gasteiger partial charge in [0.25, 0.3) is 5.56 Å². The minimum atomic E-state index is -0.356. The van der Waals surface area contributed by atoms with E-state index in [9.17, 15) is 14.0 Å². The Hall–Kier alpha value is -2.81. The first-order valence-electron chi connectivity index (χ1n) is 10.2. The summed E-state index contributed by atoms with van der Waals surface area (Å²) >= 11 is 1.36. The fraction of sp³-hybridized carbons (Fsp3) is 0.429. The number of nitrogens with one attached hydrogen (secondary N) is 1. The van der Waals surface area contributed by atoms with Crippen molar-refractivity contribution in [2.24, 2.45) is 0 Å². The highest BCUT2D eigenvalue weighted by Gasteiger charge is 2.34. The number of amides is 1. The van der Waals surface area contributed by atoms with Crippen LogP contribution in [-0.2, 0) is 11.3 Å². The molecule has 2 aliphatic rings. The molecule has 1 atom stereocenters. The van der Waals surface area contributed by atoms with Crippen LogP contribution in [0.3, 0.4) is 0 Å². The zero-order valence-electron chi connectivity index (χ0n) is 16.6. The Morgan fingerprint density at radius 2 is 2.13 bits per heavy atom. The number of carbonyl (C=O) groups is 1. The zero-order chi connectivity index (χ0) is 20.8. The number of aromatic nitrogens is 3. The molecule has 1 aromatic carbocycles. The lowest BCUT2D eigenvalue weighted by atomic mass is 10.2. The van der Waals surface area contributed by atoms with Crippen LogP contribution >= 0.6 is 11.3 Å². The molecule has 9 heteroatoms. The number of halogens is 1. The van der Waals surface area contributed by atoms with Crippen LogP contribution in [0.15, 0.2) is 29.1 Å². The molecule has 1 unspecified atom stereocenters. The van der Waals surface area contributed by atoms with Gasteiger partial charge >= 0.3 is 0 Å². The Labute approximate surface area is 176 Å². The normalized spacial score (nSPS) is 18.9. The van der Waals surface area contributed by atoms with Gasteiger partial charge in [0.15, 0.2) is 15.5 Å². The molecule has 2 aromatic heterocycles. The highest BCUT2D eigenvalue weighted by Crippen LogP contribution is 2.36. The number of rotatable bonds is 5. The van der Waals surface area contributed by atoms with E-state index in [-0.39, 0.29) is 35.9 Å². The molecule has 0 radical (unpaired) electrons. The summed E-state index contributed by atoms with van der Waals surface area (Å²) in [5, 5.41) is 3.56. The Balaban J connectivity index is 1.38. The number of thiazole rings is 1. The number of hydrogen-bond acceptors (Lipinski definition) is 6. The second-order valence-electron chi connectivity index (χ2n) is 7.91. The van der Waals surface area contributed by atoms with Gasteiger partial charge in [-0.05, 0) is 50.3 Å². The third-order valence-electron chi connectivity index (χ3n) is 5.70. The van der Waals surface area contributed by atoms with E-state index in [0.29, 0.717) is 34.0 Å². The van der Waals surface area contributed by atoms with Gasteiger partial charge in [-0.1, -0.05) is 23.5 Å². The average molecular weight is 428 g/mol. The monoisotopic (exact) mass is 427 g/mol. The summed E-state index contributed by atoms with van der Waals surface area (Å²) in [6, 6.07) is 6.09. The number of hydrogen-bond donors (Lipinski definition) is 1. The molecule has 1 saturated heterocycles. The predicted octanol–water partition coefficient (Wildman–Crippen LogP) is 2.92.